The highest BCUT2D eigenvalue weighted by Gasteiger charge is 2.20. The van der Waals surface area contributed by atoms with Gasteiger partial charge in [0.1, 0.15) is 0 Å². The number of rotatable bonds is 2. The summed E-state index contributed by atoms with van der Waals surface area (Å²) in [7, 11) is 1.81. The van der Waals surface area contributed by atoms with E-state index >= 15 is 0 Å². The Morgan fingerprint density at radius 1 is 1.28 bits per heavy atom. The van der Waals surface area contributed by atoms with E-state index in [2.05, 4.69) is 15.2 Å². The minimum Gasteiger partial charge on any atom is -0.319 e. The van der Waals surface area contributed by atoms with Crippen LogP contribution in [0.15, 0.2) is 31.0 Å². The van der Waals surface area contributed by atoms with E-state index in [4.69, 9.17) is 17.3 Å². The quantitative estimate of drug-likeness (QED) is 0.752. The fraction of sp³-hybridized carbons (Fsp3) is 0.182. The van der Waals surface area contributed by atoms with Crippen LogP contribution in [0.3, 0.4) is 0 Å². The van der Waals surface area contributed by atoms with Crippen molar-refractivity contribution in [3.63, 3.8) is 0 Å². The van der Waals surface area contributed by atoms with Crippen molar-refractivity contribution >= 4 is 17.1 Å². The van der Waals surface area contributed by atoms with Crippen LogP contribution < -0.4 is 5.73 Å². The lowest BCUT2D eigenvalue weighted by atomic mass is 10.1. The number of fused-ring (bicyclic) bond motifs is 1. The molecule has 18 heavy (non-hydrogen) atoms. The lowest BCUT2D eigenvalue weighted by Crippen LogP contribution is -2.16. The molecule has 0 aromatic carbocycles. The van der Waals surface area contributed by atoms with E-state index in [1.807, 2.05) is 7.05 Å². The largest absolute Gasteiger partial charge is 0.319 e. The first-order valence-electron chi connectivity index (χ1n) is 5.38. The molecule has 1 atom stereocenters. The Bertz CT molecular complexity index is 681. The van der Waals surface area contributed by atoms with Gasteiger partial charge in [-0.2, -0.15) is 10.2 Å². The molecule has 92 valence electrons. The smallest absolute Gasteiger partial charge is 0.0896 e. The lowest BCUT2D eigenvalue weighted by Gasteiger charge is -2.11. The predicted octanol–water partition coefficient (Wildman–Crippen LogP) is 1.16. The van der Waals surface area contributed by atoms with Crippen LogP contribution >= 0.6 is 11.6 Å². The molecule has 0 spiro atoms. The van der Waals surface area contributed by atoms with Gasteiger partial charge in [-0.05, 0) is 0 Å². The number of nitrogens with zero attached hydrogens (tertiary/aromatic N) is 5. The van der Waals surface area contributed by atoms with Crippen molar-refractivity contribution in [2.75, 3.05) is 0 Å². The molecular weight excluding hydrogens is 252 g/mol. The van der Waals surface area contributed by atoms with Crippen LogP contribution in [0.1, 0.15) is 17.3 Å². The van der Waals surface area contributed by atoms with Gasteiger partial charge in [0.15, 0.2) is 0 Å². The van der Waals surface area contributed by atoms with Crippen LogP contribution in [-0.2, 0) is 7.05 Å². The molecule has 0 amide bonds. The highest BCUT2D eigenvalue weighted by Crippen LogP contribution is 2.27. The number of nitrogens with two attached hydrogens (primary N) is 1. The molecule has 7 heteroatoms. The van der Waals surface area contributed by atoms with Gasteiger partial charge in [0.25, 0.3) is 0 Å². The number of aryl methyl sites for hydroxylation is 1. The highest BCUT2D eigenvalue weighted by molar-refractivity contribution is 6.31. The Labute approximate surface area is 108 Å². The first-order chi connectivity index (χ1) is 8.68. The van der Waals surface area contributed by atoms with Gasteiger partial charge in [-0.15, -0.1) is 0 Å². The van der Waals surface area contributed by atoms with E-state index in [1.165, 1.54) is 0 Å². The molecule has 3 aromatic rings. The fourth-order valence-corrected chi connectivity index (χ4v) is 2.29. The standard InChI is InChI=1S/C11H11ClN6/c1-17-11(8(12)5-15-17)10(13)7-4-16-18-3-2-14-6-9(7)18/h2-6,10H,13H2,1H3. The van der Waals surface area contributed by atoms with Crippen LogP contribution in [0.2, 0.25) is 5.02 Å². The highest BCUT2D eigenvalue weighted by atomic mass is 35.5. The van der Waals surface area contributed by atoms with Crippen molar-refractivity contribution in [2.24, 2.45) is 12.8 Å². The summed E-state index contributed by atoms with van der Waals surface area (Å²) >= 11 is 6.10. The van der Waals surface area contributed by atoms with Crippen LogP contribution in [-0.4, -0.2) is 24.4 Å². The molecule has 0 fully saturated rings. The summed E-state index contributed by atoms with van der Waals surface area (Å²) in [5.41, 5.74) is 8.74. The zero-order valence-electron chi connectivity index (χ0n) is 9.66. The molecule has 0 aliphatic carbocycles. The molecule has 2 N–H and O–H groups in total. The Kier molecular flexibility index (Phi) is 2.53. The normalized spacial score (nSPS) is 13.1. The zero-order valence-corrected chi connectivity index (χ0v) is 10.4. The number of aromatic nitrogens is 5. The van der Waals surface area contributed by atoms with Crippen molar-refractivity contribution < 1.29 is 0 Å². The Hall–Kier alpha value is -1.92. The molecule has 0 saturated carbocycles. The predicted molar refractivity (Wildman–Crippen MR) is 67.2 cm³/mol. The van der Waals surface area contributed by atoms with Crippen LogP contribution in [0, 0.1) is 0 Å². The third-order valence-corrected chi connectivity index (χ3v) is 3.21. The number of halogens is 1. The molecule has 3 rings (SSSR count). The molecule has 3 heterocycles. The fourth-order valence-electron chi connectivity index (χ4n) is 2.01. The second-order valence-electron chi connectivity index (χ2n) is 3.99. The maximum absolute atomic E-state index is 6.25. The molecule has 0 aliphatic rings. The summed E-state index contributed by atoms with van der Waals surface area (Å²) < 4.78 is 3.40. The van der Waals surface area contributed by atoms with Gasteiger partial charge in [0.2, 0.25) is 0 Å². The minimum atomic E-state index is -0.383. The third kappa shape index (κ3) is 1.58. The van der Waals surface area contributed by atoms with Crippen molar-refractivity contribution in [1.29, 1.82) is 0 Å². The van der Waals surface area contributed by atoms with E-state index in [0.717, 1.165) is 16.8 Å². The molecule has 3 aromatic heterocycles. The van der Waals surface area contributed by atoms with Crippen molar-refractivity contribution in [1.82, 2.24) is 24.4 Å². The van der Waals surface area contributed by atoms with Gasteiger partial charge in [-0.25, -0.2) is 4.52 Å². The van der Waals surface area contributed by atoms with E-state index < -0.39 is 0 Å². The molecule has 1 unspecified atom stereocenters. The maximum Gasteiger partial charge on any atom is 0.0896 e. The van der Waals surface area contributed by atoms with E-state index in [0.29, 0.717) is 5.02 Å². The molecule has 0 aliphatic heterocycles. The first kappa shape index (κ1) is 11.2. The molecule has 0 bridgehead atoms. The van der Waals surface area contributed by atoms with E-state index in [1.54, 1.807) is 40.2 Å². The average Bonchev–Trinajstić information content (AvgIpc) is 2.93. The van der Waals surface area contributed by atoms with Gasteiger partial charge >= 0.3 is 0 Å². The summed E-state index contributed by atoms with van der Waals surface area (Å²) in [6.07, 6.45) is 8.49. The Morgan fingerprint density at radius 2 is 2.11 bits per heavy atom. The molecule has 6 nitrogen and oxygen atoms in total. The van der Waals surface area contributed by atoms with Gasteiger partial charge in [-0.1, -0.05) is 11.6 Å². The zero-order chi connectivity index (χ0) is 12.7. The third-order valence-electron chi connectivity index (χ3n) is 2.92. The summed E-state index contributed by atoms with van der Waals surface area (Å²) in [5.74, 6) is 0. The number of hydrogen-bond donors (Lipinski definition) is 1. The summed E-state index contributed by atoms with van der Waals surface area (Å²) in [6, 6.07) is -0.383. The second kappa shape index (κ2) is 4.08. The molecule has 0 saturated heterocycles. The summed E-state index contributed by atoms with van der Waals surface area (Å²) in [4.78, 5) is 4.08. The Morgan fingerprint density at radius 3 is 2.83 bits per heavy atom. The average molecular weight is 263 g/mol. The second-order valence-corrected chi connectivity index (χ2v) is 4.39. The maximum atomic E-state index is 6.25. The van der Waals surface area contributed by atoms with Crippen molar-refractivity contribution in [3.8, 4) is 0 Å². The molecular formula is C11H11ClN6. The van der Waals surface area contributed by atoms with Crippen LogP contribution in [0.25, 0.3) is 5.52 Å². The van der Waals surface area contributed by atoms with Gasteiger partial charge in [0, 0.05) is 25.0 Å². The van der Waals surface area contributed by atoms with Gasteiger partial charge in [0.05, 0.1) is 40.9 Å². The van der Waals surface area contributed by atoms with Gasteiger partial charge < -0.3 is 5.73 Å². The van der Waals surface area contributed by atoms with E-state index in [-0.39, 0.29) is 6.04 Å². The summed E-state index contributed by atoms with van der Waals surface area (Å²) in [5, 5.41) is 8.87. The minimum absolute atomic E-state index is 0.383. The van der Waals surface area contributed by atoms with Crippen molar-refractivity contribution in [3.05, 3.63) is 47.3 Å². The lowest BCUT2D eigenvalue weighted by molar-refractivity contribution is 0.675. The monoisotopic (exact) mass is 262 g/mol. The van der Waals surface area contributed by atoms with Gasteiger partial charge in [-0.3, -0.25) is 9.67 Å². The van der Waals surface area contributed by atoms with E-state index in [9.17, 15) is 0 Å². The summed E-state index contributed by atoms with van der Waals surface area (Å²) in [6.45, 7) is 0. The topological polar surface area (TPSA) is 74.0 Å². The SMILES string of the molecule is Cn1ncc(Cl)c1C(N)c1cnn2ccncc12. The molecule has 0 radical (unpaired) electrons. The van der Waals surface area contributed by atoms with Crippen LogP contribution in [0.4, 0.5) is 0 Å². The number of hydrogen-bond acceptors (Lipinski definition) is 4. The van der Waals surface area contributed by atoms with Crippen molar-refractivity contribution in [2.45, 2.75) is 6.04 Å². The Balaban J connectivity index is 2.15. The van der Waals surface area contributed by atoms with Crippen LogP contribution in [0.5, 0.6) is 0 Å². The first-order valence-corrected chi connectivity index (χ1v) is 5.76.